The molecular formula is C17H43N2O6P+2. The monoisotopic (exact) mass is 402 g/mol. The van der Waals surface area contributed by atoms with E-state index in [1.165, 1.54) is 13.1 Å². The van der Waals surface area contributed by atoms with E-state index in [9.17, 15) is 19.9 Å². The summed E-state index contributed by atoms with van der Waals surface area (Å²) in [5.74, 6) is 0. The van der Waals surface area contributed by atoms with Crippen LogP contribution < -0.4 is 0 Å². The topological polar surface area (TPSA) is 96.2 Å². The van der Waals surface area contributed by atoms with E-state index in [2.05, 4.69) is 13.8 Å². The zero-order valence-electron chi connectivity index (χ0n) is 17.7. The smallest absolute Gasteiger partial charge is 0.328 e. The van der Waals surface area contributed by atoms with Crippen molar-refractivity contribution >= 4 is 7.60 Å². The van der Waals surface area contributed by atoms with Crippen LogP contribution in [0.25, 0.3) is 0 Å². The summed E-state index contributed by atoms with van der Waals surface area (Å²) in [6.07, 6.45) is 1.25. The average molecular weight is 403 g/mol. The first-order valence-corrected chi connectivity index (χ1v) is 11.3. The van der Waals surface area contributed by atoms with E-state index in [1.807, 2.05) is 21.1 Å². The third kappa shape index (κ3) is 16.1. The van der Waals surface area contributed by atoms with Gasteiger partial charge in [-0.15, -0.1) is 0 Å². The third-order valence-corrected chi connectivity index (χ3v) is 5.01. The van der Waals surface area contributed by atoms with Crippen molar-refractivity contribution in [1.82, 2.24) is 0 Å². The van der Waals surface area contributed by atoms with E-state index >= 15 is 0 Å². The molecule has 0 bridgehead atoms. The lowest BCUT2D eigenvalue weighted by Crippen LogP contribution is -2.54. The highest BCUT2D eigenvalue weighted by Crippen LogP contribution is 2.43. The maximum Gasteiger partial charge on any atom is 0.328 e. The second-order valence-electron chi connectivity index (χ2n) is 7.57. The Kier molecular flexibility index (Phi) is 16.2. The highest BCUT2D eigenvalue weighted by atomic mass is 31.2. The molecule has 0 heterocycles. The molecule has 0 fully saturated rings. The molecule has 0 aliphatic heterocycles. The molecule has 26 heavy (non-hydrogen) atoms. The van der Waals surface area contributed by atoms with Gasteiger partial charge in [0.1, 0.15) is 45.9 Å². The van der Waals surface area contributed by atoms with Crippen LogP contribution in [0.5, 0.6) is 0 Å². The van der Waals surface area contributed by atoms with Gasteiger partial charge in [-0.1, -0.05) is 20.3 Å². The van der Waals surface area contributed by atoms with Crippen LogP contribution in [0.2, 0.25) is 0 Å². The van der Waals surface area contributed by atoms with Crippen molar-refractivity contribution in [2.24, 2.45) is 0 Å². The van der Waals surface area contributed by atoms with E-state index in [4.69, 9.17) is 9.05 Å². The summed E-state index contributed by atoms with van der Waals surface area (Å²) in [6, 6.07) is 0. The third-order valence-electron chi connectivity index (χ3n) is 3.70. The molecule has 0 saturated carbocycles. The molecule has 8 nitrogen and oxygen atoms in total. The minimum absolute atomic E-state index is 0.0518. The maximum absolute atomic E-state index is 12.3. The highest BCUT2D eigenvalue weighted by molar-refractivity contribution is 7.52. The van der Waals surface area contributed by atoms with Crippen LogP contribution in [-0.4, -0.2) is 118 Å². The number of aliphatic hydroxyl groups excluding tert-OH is 3. The first kappa shape index (κ1) is 28.2. The van der Waals surface area contributed by atoms with Gasteiger partial charge < -0.3 is 33.3 Å². The molecule has 0 aliphatic rings. The molecule has 0 aliphatic carbocycles. The highest BCUT2D eigenvalue weighted by Gasteiger charge is 2.27. The number of likely N-dealkylation sites (N-methyl/N-ethyl adjacent to an activating group) is 1. The van der Waals surface area contributed by atoms with Gasteiger partial charge in [0.05, 0.1) is 41.0 Å². The van der Waals surface area contributed by atoms with Crippen molar-refractivity contribution in [3.63, 3.8) is 0 Å². The van der Waals surface area contributed by atoms with Gasteiger partial charge in [-0.25, -0.2) is 0 Å². The Labute approximate surface area is 160 Å². The Morgan fingerprint density at radius 1 is 0.769 bits per heavy atom. The number of quaternary nitrogens is 2. The second-order valence-corrected chi connectivity index (χ2v) is 9.62. The number of rotatable bonds is 14. The van der Waals surface area contributed by atoms with E-state index in [1.54, 1.807) is 0 Å². The molecule has 160 valence electrons. The van der Waals surface area contributed by atoms with Crippen LogP contribution in [0.3, 0.4) is 0 Å². The quantitative estimate of drug-likeness (QED) is 0.293. The fourth-order valence-electron chi connectivity index (χ4n) is 2.23. The summed E-state index contributed by atoms with van der Waals surface area (Å²) < 4.78 is 24.1. The van der Waals surface area contributed by atoms with Gasteiger partial charge in [0.25, 0.3) is 0 Å². The molecular weight excluding hydrogens is 359 g/mol. The SMILES string of the molecule is CCC.C[N+](C)(C)CCOP(C)(=O)OCC[N+](CCO)(CCO)CCO. The normalized spacial score (nSPS) is 14.5. The zero-order valence-corrected chi connectivity index (χ0v) is 18.6. The minimum atomic E-state index is -3.13. The molecule has 0 aromatic carbocycles. The minimum Gasteiger partial charge on any atom is -0.391 e. The lowest BCUT2D eigenvalue weighted by molar-refractivity contribution is -0.929. The molecule has 3 N–H and O–H groups in total. The number of aliphatic hydroxyl groups is 3. The molecule has 1 atom stereocenters. The Balaban J connectivity index is 0. The van der Waals surface area contributed by atoms with Gasteiger partial charge in [-0.2, -0.15) is 0 Å². The van der Waals surface area contributed by atoms with E-state index < -0.39 is 7.60 Å². The van der Waals surface area contributed by atoms with Crippen LogP contribution in [-0.2, 0) is 13.6 Å². The number of nitrogens with zero attached hydrogens (tertiary/aromatic N) is 2. The summed E-state index contributed by atoms with van der Waals surface area (Å²) in [6.45, 7) is 8.44. The Bertz CT molecular complexity index is 360. The molecule has 0 aromatic heterocycles. The molecule has 0 saturated heterocycles. The van der Waals surface area contributed by atoms with Crippen molar-refractivity contribution in [2.75, 3.05) is 93.6 Å². The largest absolute Gasteiger partial charge is 0.391 e. The predicted molar refractivity (Wildman–Crippen MR) is 105 cm³/mol. The first-order chi connectivity index (χ1) is 12.0. The molecule has 0 radical (unpaired) electrons. The predicted octanol–water partition coefficient (Wildman–Crippen LogP) is 0.759. The molecule has 1 unspecified atom stereocenters. The van der Waals surface area contributed by atoms with Gasteiger partial charge in [-0.3, -0.25) is 4.57 Å². The van der Waals surface area contributed by atoms with Gasteiger partial charge in [0, 0.05) is 6.66 Å². The van der Waals surface area contributed by atoms with Crippen LogP contribution >= 0.6 is 7.60 Å². The summed E-state index contributed by atoms with van der Waals surface area (Å²) in [5, 5.41) is 27.6. The van der Waals surface area contributed by atoms with E-state index in [0.29, 0.717) is 41.8 Å². The van der Waals surface area contributed by atoms with Crippen molar-refractivity contribution in [2.45, 2.75) is 20.3 Å². The lowest BCUT2D eigenvalue weighted by atomic mass is 10.3. The van der Waals surface area contributed by atoms with Crippen LogP contribution in [0.1, 0.15) is 20.3 Å². The molecule has 0 aromatic rings. The van der Waals surface area contributed by atoms with Crippen molar-refractivity contribution in [1.29, 1.82) is 0 Å². The van der Waals surface area contributed by atoms with E-state index in [-0.39, 0.29) is 26.4 Å². The zero-order chi connectivity index (χ0) is 20.7. The summed E-state index contributed by atoms with van der Waals surface area (Å²) in [5.41, 5.74) is 0. The summed E-state index contributed by atoms with van der Waals surface area (Å²) in [4.78, 5) is 0. The van der Waals surface area contributed by atoms with Crippen molar-refractivity contribution in [3.05, 3.63) is 0 Å². The van der Waals surface area contributed by atoms with Crippen molar-refractivity contribution in [3.8, 4) is 0 Å². The lowest BCUT2D eigenvalue weighted by Gasteiger charge is -2.37. The Morgan fingerprint density at radius 3 is 1.42 bits per heavy atom. The Morgan fingerprint density at radius 2 is 1.12 bits per heavy atom. The standard InChI is InChI=1S/C14H35N2O6P.C3H8/c1-15(2,3)8-13-21-23(4,20)22-14-9-16(5-10-17,6-11-18)7-12-19;1-3-2/h17-19H,5-14H2,1-4H3;3H2,1-2H3/q+2;. The number of hydrogen-bond donors (Lipinski definition) is 3. The van der Waals surface area contributed by atoms with Crippen LogP contribution in [0.4, 0.5) is 0 Å². The van der Waals surface area contributed by atoms with E-state index in [0.717, 1.165) is 6.54 Å². The second kappa shape index (κ2) is 14.9. The van der Waals surface area contributed by atoms with Gasteiger partial charge in [0.15, 0.2) is 0 Å². The fraction of sp³-hybridized carbons (Fsp3) is 1.00. The molecule has 0 rings (SSSR count). The summed E-state index contributed by atoms with van der Waals surface area (Å²) in [7, 11) is 2.94. The Hall–Kier alpha value is -0.0500. The van der Waals surface area contributed by atoms with Gasteiger partial charge >= 0.3 is 7.60 Å². The molecule has 0 amide bonds. The van der Waals surface area contributed by atoms with Crippen LogP contribution in [0, 0.1) is 0 Å². The van der Waals surface area contributed by atoms with Crippen molar-refractivity contribution < 1.29 is 37.9 Å². The summed E-state index contributed by atoms with van der Waals surface area (Å²) >= 11 is 0. The first-order valence-electron chi connectivity index (χ1n) is 9.36. The van der Waals surface area contributed by atoms with Gasteiger partial charge in [0.2, 0.25) is 0 Å². The number of hydrogen-bond acceptors (Lipinski definition) is 6. The fourth-order valence-corrected chi connectivity index (χ4v) is 3.13. The van der Waals surface area contributed by atoms with Crippen LogP contribution in [0.15, 0.2) is 0 Å². The molecule has 0 spiro atoms. The van der Waals surface area contributed by atoms with Gasteiger partial charge in [-0.05, 0) is 0 Å². The molecule has 9 heteroatoms. The average Bonchev–Trinajstić information content (AvgIpc) is 2.47. The maximum atomic E-state index is 12.3.